The number of carbonyl (C=O) groups is 3. The number of aromatic nitrogens is 3. The second kappa shape index (κ2) is 15.2. The zero-order valence-corrected chi connectivity index (χ0v) is 28.3. The van der Waals surface area contributed by atoms with Gasteiger partial charge in [-0.3, -0.25) is 9.59 Å². The molecule has 0 aliphatic rings. The molecule has 10 heteroatoms. The molecule has 3 N–H and O–H groups in total. The van der Waals surface area contributed by atoms with Gasteiger partial charge in [-0.05, 0) is 73.5 Å². The fourth-order valence-corrected chi connectivity index (χ4v) is 5.51. The minimum absolute atomic E-state index is 0.107. The van der Waals surface area contributed by atoms with Gasteiger partial charge in [0.1, 0.15) is 22.5 Å². The summed E-state index contributed by atoms with van der Waals surface area (Å²) in [6, 6.07) is 38.2. The molecule has 0 aliphatic carbocycles. The Labute approximate surface area is 294 Å². The summed E-state index contributed by atoms with van der Waals surface area (Å²) in [6.45, 7) is 5.86. The number of phenols is 1. The van der Waals surface area contributed by atoms with E-state index in [1.54, 1.807) is 59.5 Å². The highest BCUT2D eigenvalue weighted by Crippen LogP contribution is 2.36. The second-order valence-corrected chi connectivity index (χ2v) is 11.9. The summed E-state index contributed by atoms with van der Waals surface area (Å²) in [7, 11) is 0. The van der Waals surface area contributed by atoms with Gasteiger partial charge in [0.15, 0.2) is 0 Å². The number of amides is 2. The number of hydrogen-bond donors (Lipinski definition) is 3. The van der Waals surface area contributed by atoms with Crippen LogP contribution in [0.15, 0.2) is 127 Å². The third-order valence-corrected chi connectivity index (χ3v) is 8.29. The van der Waals surface area contributed by atoms with Gasteiger partial charge < -0.3 is 20.1 Å². The molecule has 7 rings (SSSR count). The summed E-state index contributed by atoms with van der Waals surface area (Å²) in [5, 5.41) is 25.4. The minimum Gasteiger partial charge on any atom is -0.506 e. The van der Waals surface area contributed by atoms with Crippen molar-refractivity contribution in [2.75, 3.05) is 10.2 Å². The second-order valence-electron chi connectivity index (χ2n) is 11.9. The van der Waals surface area contributed by atoms with E-state index in [-0.39, 0.29) is 17.2 Å². The van der Waals surface area contributed by atoms with Crippen LogP contribution in [-0.2, 0) is 11.3 Å². The number of H-pyrrole nitrogens is 1. The summed E-state index contributed by atoms with van der Waals surface area (Å²) >= 11 is 0. The number of aryl methyl sites for hydroxylation is 2. The van der Waals surface area contributed by atoms with Gasteiger partial charge in [-0.2, -0.15) is 15.4 Å². The zero-order chi connectivity index (χ0) is 35.9. The van der Waals surface area contributed by atoms with Gasteiger partial charge in [-0.15, -0.1) is 0 Å². The first-order valence-electron chi connectivity index (χ1n) is 16.2. The number of aromatic amines is 1. The molecule has 6 aromatic carbocycles. The standard InChI is InChI=1S/C28H26N2O3.C13H9N3O2/c1-18-11-13-21(14-12-18)17-30(20(3)31)26-10-6-8-23-22(26)15-16-24(27(23)32)28(33)29-25-9-5-4-7-19(25)2;17-13(18-10-4-2-1-3-5-10)9-6-7-11-12(8-9)15-16-14-11/h4-16,32H,17H2,1-3H3,(H,29,33);1-8H,(H,14,15,16). The number of benzene rings is 6. The quantitative estimate of drug-likeness (QED) is 0.114. The van der Waals surface area contributed by atoms with Crippen molar-refractivity contribution in [1.82, 2.24) is 15.4 Å². The van der Waals surface area contributed by atoms with Gasteiger partial charge in [-0.1, -0.05) is 84.4 Å². The van der Waals surface area contributed by atoms with Gasteiger partial charge >= 0.3 is 5.97 Å². The number of phenolic OH excluding ortho intramolecular Hbond substituents is 1. The molecule has 254 valence electrons. The molecule has 0 fully saturated rings. The van der Waals surface area contributed by atoms with Crippen LogP contribution in [0.3, 0.4) is 0 Å². The highest BCUT2D eigenvalue weighted by atomic mass is 16.5. The molecule has 2 amide bonds. The maximum absolute atomic E-state index is 12.9. The van der Waals surface area contributed by atoms with Crippen LogP contribution in [0, 0.1) is 13.8 Å². The summed E-state index contributed by atoms with van der Waals surface area (Å²) < 4.78 is 5.23. The number of anilines is 2. The van der Waals surface area contributed by atoms with Gasteiger partial charge in [0.05, 0.1) is 23.4 Å². The number of nitrogens with one attached hydrogen (secondary N) is 2. The summed E-state index contributed by atoms with van der Waals surface area (Å²) in [5.74, 6) is -0.505. The SMILES string of the molecule is CC(=O)N(Cc1ccc(C)cc1)c1cccc2c(O)c(C(=O)Nc3ccccc3C)ccc12.O=C(Oc1ccccc1)c1ccc2n[nH]nc2c1. The maximum atomic E-state index is 12.9. The van der Waals surface area contributed by atoms with Crippen LogP contribution in [0.25, 0.3) is 21.8 Å². The summed E-state index contributed by atoms with van der Waals surface area (Å²) in [6.07, 6.45) is 0. The van der Waals surface area contributed by atoms with E-state index < -0.39 is 11.9 Å². The Morgan fingerprint density at radius 1 is 0.765 bits per heavy atom. The lowest BCUT2D eigenvalue weighted by Crippen LogP contribution is -2.28. The molecule has 1 aromatic heterocycles. The van der Waals surface area contributed by atoms with E-state index in [1.165, 1.54) is 6.92 Å². The third kappa shape index (κ3) is 7.92. The molecule has 0 spiro atoms. The molecular formula is C41H35N5O5. The van der Waals surface area contributed by atoms with Crippen molar-refractivity contribution in [3.8, 4) is 11.5 Å². The van der Waals surface area contributed by atoms with E-state index in [0.29, 0.717) is 51.0 Å². The van der Waals surface area contributed by atoms with Crippen LogP contribution in [0.5, 0.6) is 11.5 Å². The molecule has 10 nitrogen and oxygen atoms in total. The van der Waals surface area contributed by atoms with Crippen molar-refractivity contribution in [2.45, 2.75) is 27.3 Å². The first kappa shape index (κ1) is 34.1. The van der Waals surface area contributed by atoms with Gasteiger partial charge in [-0.25, -0.2) is 4.79 Å². The van der Waals surface area contributed by atoms with Gasteiger partial charge in [0.2, 0.25) is 5.91 Å². The summed E-state index contributed by atoms with van der Waals surface area (Å²) in [5.41, 5.74) is 6.44. The minimum atomic E-state index is -0.411. The molecule has 51 heavy (non-hydrogen) atoms. The highest BCUT2D eigenvalue weighted by molar-refractivity contribution is 6.12. The van der Waals surface area contributed by atoms with E-state index in [4.69, 9.17) is 4.74 Å². The van der Waals surface area contributed by atoms with E-state index in [2.05, 4.69) is 20.7 Å². The number of carbonyl (C=O) groups excluding carboxylic acids is 3. The Balaban J connectivity index is 0.000000208. The highest BCUT2D eigenvalue weighted by Gasteiger charge is 2.20. The topological polar surface area (TPSA) is 138 Å². The molecule has 1 heterocycles. The average molecular weight is 678 g/mol. The number of fused-ring (bicyclic) bond motifs is 2. The predicted octanol–water partition coefficient (Wildman–Crippen LogP) is 8.14. The molecule has 0 aliphatic heterocycles. The zero-order valence-electron chi connectivity index (χ0n) is 28.3. The Bertz CT molecular complexity index is 2350. The number of nitrogens with zero attached hydrogens (tertiary/aromatic N) is 3. The number of aromatic hydroxyl groups is 1. The monoisotopic (exact) mass is 677 g/mol. The Kier molecular flexibility index (Phi) is 10.1. The van der Waals surface area contributed by atoms with Crippen molar-refractivity contribution >= 4 is 51.0 Å². The van der Waals surface area contributed by atoms with Crippen molar-refractivity contribution in [1.29, 1.82) is 0 Å². The molecule has 0 bridgehead atoms. The molecule has 0 unspecified atom stereocenters. The van der Waals surface area contributed by atoms with E-state index in [9.17, 15) is 19.5 Å². The molecule has 0 saturated carbocycles. The van der Waals surface area contributed by atoms with Gasteiger partial charge in [0.25, 0.3) is 5.91 Å². The fraction of sp³-hybridized carbons (Fsp3) is 0.0976. The fourth-order valence-electron chi connectivity index (χ4n) is 5.51. The molecular weight excluding hydrogens is 642 g/mol. The van der Waals surface area contributed by atoms with E-state index in [1.807, 2.05) is 86.6 Å². The maximum Gasteiger partial charge on any atom is 0.343 e. The van der Waals surface area contributed by atoms with Crippen LogP contribution in [0.2, 0.25) is 0 Å². The lowest BCUT2D eigenvalue weighted by molar-refractivity contribution is -0.116. The largest absolute Gasteiger partial charge is 0.506 e. The molecule has 0 radical (unpaired) electrons. The number of para-hydroxylation sites is 2. The van der Waals surface area contributed by atoms with Crippen LogP contribution in [0.1, 0.15) is 44.3 Å². The van der Waals surface area contributed by atoms with Crippen LogP contribution < -0.4 is 15.0 Å². The Morgan fingerprint density at radius 3 is 2.24 bits per heavy atom. The lowest BCUT2D eigenvalue weighted by atomic mass is 10.0. The lowest BCUT2D eigenvalue weighted by Gasteiger charge is -2.23. The number of esters is 1. The number of rotatable bonds is 7. The van der Waals surface area contributed by atoms with Crippen molar-refractivity contribution in [3.05, 3.63) is 155 Å². The van der Waals surface area contributed by atoms with Crippen LogP contribution >= 0.6 is 0 Å². The van der Waals surface area contributed by atoms with Crippen molar-refractivity contribution in [3.63, 3.8) is 0 Å². The molecule has 7 aromatic rings. The predicted molar refractivity (Wildman–Crippen MR) is 198 cm³/mol. The Hall–Kier alpha value is -6.81. The smallest absolute Gasteiger partial charge is 0.343 e. The van der Waals surface area contributed by atoms with Gasteiger partial charge in [0, 0.05) is 23.4 Å². The van der Waals surface area contributed by atoms with E-state index in [0.717, 1.165) is 16.7 Å². The van der Waals surface area contributed by atoms with Crippen molar-refractivity contribution in [2.24, 2.45) is 0 Å². The first-order chi connectivity index (χ1) is 24.7. The summed E-state index contributed by atoms with van der Waals surface area (Å²) in [4.78, 5) is 39.0. The van der Waals surface area contributed by atoms with E-state index >= 15 is 0 Å². The Morgan fingerprint density at radius 2 is 1.49 bits per heavy atom. The number of hydrogen-bond acceptors (Lipinski definition) is 7. The van der Waals surface area contributed by atoms with Crippen molar-refractivity contribution < 1.29 is 24.2 Å². The van der Waals surface area contributed by atoms with Crippen LogP contribution in [0.4, 0.5) is 11.4 Å². The average Bonchev–Trinajstić information content (AvgIpc) is 3.61. The first-order valence-corrected chi connectivity index (χ1v) is 16.2. The van der Waals surface area contributed by atoms with Crippen LogP contribution in [-0.4, -0.2) is 38.3 Å². The molecule has 0 saturated heterocycles. The molecule has 0 atom stereocenters. The normalized spacial score (nSPS) is 10.6. The number of ether oxygens (including phenoxy) is 1. The third-order valence-electron chi connectivity index (χ3n) is 8.29.